The molecule has 0 spiro atoms. The summed E-state index contributed by atoms with van der Waals surface area (Å²) in [5.74, 6) is -0.119. The molecule has 1 heterocycles. The maximum Gasteiger partial charge on any atom is 0.307 e. The Kier molecular flexibility index (Phi) is 3.77. The number of hydrogen-bond donors (Lipinski definition) is 1. The van der Waals surface area contributed by atoms with Crippen molar-refractivity contribution >= 4 is 5.97 Å². The number of nitrogens with zero attached hydrogens (tertiary/aromatic N) is 1. The third-order valence-electron chi connectivity index (χ3n) is 3.50. The maximum absolute atomic E-state index is 10.9. The predicted molar refractivity (Wildman–Crippen MR) is 60.8 cm³/mol. The standard InChI is InChI=1S/C12H23NO2/c1-5-9(11(14)15)6-13-7-10(8-13)12(2,3)4/h9-10H,5-8H2,1-4H3,(H,14,15). The molecule has 1 unspecified atom stereocenters. The van der Waals surface area contributed by atoms with Crippen molar-refractivity contribution < 1.29 is 9.90 Å². The molecule has 3 nitrogen and oxygen atoms in total. The van der Waals surface area contributed by atoms with Crippen molar-refractivity contribution in [2.24, 2.45) is 17.3 Å². The van der Waals surface area contributed by atoms with Crippen LogP contribution in [-0.4, -0.2) is 35.6 Å². The van der Waals surface area contributed by atoms with E-state index in [0.717, 1.165) is 32.0 Å². The summed E-state index contributed by atoms with van der Waals surface area (Å²) in [7, 11) is 0. The van der Waals surface area contributed by atoms with Gasteiger partial charge in [-0.05, 0) is 17.8 Å². The molecule has 1 atom stereocenters. The first-order valence-corrected chi connectivity index (χ1v) is 5.79. The molecule has 1 fully saturated rings. The fourth-order valence-corrected chi connectivity index (χ4v) is 1.96. The summed E-state index contributed by atoms with van der Waals surface area (Å²) in [4.78, 5) is 13.1. The van der Waals surface area contributed by atoms with E-state index in [1.165, 1.54) is 0 Å². The molecule has 0 bridgehead atoms. The van der Waals surface area contributed by atoms with E-state index in [2.05, 4.69) is 25.7 Å². The van der Waals surface area contributed by atoms with Gasteiger partial charge < -0.3 is 10.0 Å². The van der Waals surface area contributed by atoms with Gasteiger partial charge in [-0.25, -0.2) is 0 Å². The Morgan fingerprint density at radius 2 is 2.00 bits per heavy atom. The number of carbonyl (C=O) groups is 1. The van der Waals surface area contributed by atoms with Crippen molar-refractivity contribution in [3.8, 4) is 0 Å². The molecule has 0 aromatic carbocycles. The molecule has 88 valence electrons. The van der Waals surface area contributed by atoms with E-state index < -0.39 is 5.97 Å². The van der Waals surface area contributed by atoms with Gasteiger partial charge in [0.15, 0.2) is 0 Å². The van der Waals surface area contributed by atoms with E-state index in [1.54, 1.807) is 0 Å². The topological polar surface area (TPSA) is 40.5 Å². The highest BCUT2D eigenvalue weighted by molar-refractivity contribution is 5.70. The van der Waals surface area contributed by atoms with Gasteiger partial charge in [0.05, 0.1) is 5.92 Å². The minimum absolute atomic E-state index is 0.189. The van der Waals surface area contributed by atoms with E-state index in [1.807, 2.05) is 6.92 Å². The zero-order chi connectivity index (χ0) is 11.6. The smallest absolute Gasteiger partial charge is 0.307 e. The van der Waals surface area contributed by atoms with E-state index in [-0.39, 0.29) is 5.92 Å². The van der Waals surface area contributed by atoms with Crippen LogP contribution in [0, 0.1) is 17.3 Å². The maximum atomic E-state index is 10.9. The number of carboxylic acid groups (broad SMARTS) is 1. The third kappa shape index (κ3) is 3.20. The van der Waals surface area contributed by atoms with Crippen molar-refractivity contribution in [2.45, 2.75) is 34.1 Å². The van der Waals surface area contributed by atoms with Crippen molar-refractivity contribution in [3.63, 3.8) is 0 Å². The average Bonchev–Trinajstić information content (AvgIpc) is 1.98. The zero-order valence-corrected chi connectivity index (χ0v) is 10.3. The molecule has 1 saturated heterocycles. The Hall–Kier alpha value is -0.570. The summed E-state index contributed by atoms with van der Waals surface area (Å²) >= 11 is 0. The Morgan fingerprint density at radius 1 is 1.47 bits per heavy atom. The molecule has 0 saturated carbocycles. The molecule has 1 N–H and O–H groups in total. The summed E-state index contributed by atoms with van der Waals surface area (Å²) < 4.78 is 0. The number of carboxylic acids is 1. The van der Waals surface area contributed by atoms with Gasteiger partial charge in [-0.3, -0.25) is 4.79 Å². The Balaban J connectivity index is 2.31. The highest BCUT2D eigenvalue weighted by Crippen LogP contribution is 2.33. The largest absolute Gasteiger partial charge is 0.481 e. The highest BCUT2D eigenvalue weighted by atomic mass is 16.4. The molecule has 0 aromatic heterocycles. The fourth-order valence-electron chi connectivity index (χ4n) is 1.96. The van der Waals surface area contributed by atoms with Crippen LogP contribution >= 0.6 is 0 Å². The van der Waals surface area contributed by atoms with Gasteiger partial charge in [0.2, 0.25) is 0 Å². The zero-order valence-electron chi connectivity index (χ0n) is 10.3. The lowest BCUT2D eigenvalue weighted by Crippen LogP contribution is -2.53. The van der Waals surface area contributed by atoms with Gasteiger partial charge in [-0.15, -0.1) is 0 Å². The van der Waals surface area contributed by atoms with Crippen molar-refractivity contribution in [3.05, 3.63) is 0 Å². The van der Waals surface area contributed by atoms with Gasteiger partial charge in [0.25, 0.3) is 0 Å². The second-order valence-corrected chi connectivity index (χ2v) is 5.72. The van der Waals surface area contributed by atoms with E-state index in [0.29, 0.717) is 5.41 Å². The predicted octanol–water partition coefficient (Wildman–Crippen LogP) is 2.08. The van der Waals surface area contributed by atoms with E-state index >= 15 is 0 Å². The van der Waals surface area contributed by atoms with Crippen LogP contribution in [0.2, 0.25) is 0 Å². The molecular formula is C12H23NO2. The Bertz CT molecular complexity index is 226. The monoisotopic (exact) mass is 213 g/mol. The van der Waals surface area contributed by atoms with Gasteiger partial charge >= 0.3 is 5.97 Å². The summed E-state index contributed by atoms with van der Waals surface area (Å²) in [6, 6.07) is 0. The molecule has 0 aliphatic carbocycles. The van der Waals surface area contributed by atoms with Gasteiger partial charge in [0, 0.05) is 19.6 Å². The van der Waals surface area contributed by atoms with Crippen molar-refractivity contribution in [1.82, 2.24) is 4.90 Å². The lowest BCUT2D eigenvalue weighted by molar-refractivity contribution is -0.143. The van der Waals surface area contributed by atoms with Crippen molar-refractivity contribution in [1.29, 1.82) is 0 Å². The number of aliphatic carboxylic acids is 1. The molecule has 0 amide bonds. The van der Waals surface area contributed by atoms with Crippen LogP contribution in [0.1, 0.15) is 34.1 Å². The molecule has 1 aliphatic heterocycles. The Morgan fingerprint density at radius 3 is 2.33 bits per heavy atom. The molecule has 0 aromatic rings. The lowest BCUT2D eigenvalue weighted by Gasteiger charge is -2.47. The second kappa shape index (κ2) is 4.52. The van der Waals surface area contributed by atoms with Gasteiger partial charge in [0.1, 0.15) is 0 Å². The first-order valence-electron chi connectivity index (χ1n) is 5.79. The second-order valence-electron chi connectivity index (χ2n) is 5.72. The molecule has 0 radical (unpaired) electrons. The van der Waals surface area contributed by atoms with Crippen LogP contribution in [0.3, 0.4) is 0 Å². The van der Waals surface area contributed by atoms with Crippen LogP contribution in [0.4, 0.5) is 0 Å². The molecule has 1 aliphatic rings. The number of rotatable bonds is 4. The number of likely N-dealkylation sites (tertiary alicyclic amines) is 1. The Labute approximate surface area is 92.5 Å². The SMILES string of the molecule is CCC(CN1CC(C(C)(C)C)C1)C(=O)O. The summed E-state index contributed by atoms with van der Waals surface area (Å²) in [5, 5.41) is 8.94. The van der Waals surface area contributed by atoms with E-state index in [9.17, 15) is 4.79 Å². The summed E-state index contributed by atoms with van der Waals surface area (Å²) in [6.45, 7) is 11.6. The van der Waals surface area contributed by atoms with Crippen LogP contribution in [-0.2, 0) is 4.79 Å². The molecular weight excluding hydrogens is 190 g/mol. The van der Waals surface area contributed by atoms with E-state index in [4.69, 9.17) is 5.11 Å². The van der Waals surface area contributed by atoms with Crippen LogP contribution in [0.5, 0.6) is 0 Å². The van der Waals surface area contributed by atoms with Crippen LogP contribution in [0.15, 0.2) is 0 Å². The quantitative estimate of drug-likeness (QED) is 0.777. The highest BCUT2D eigenvalue weighted by Gasteiger charge is 2.36. The molecule has 3 heteroatoms. The first-order chi connectivity index (χ1) is 6.84. The number of hydrogen-bond acceptors (Lipinski definition) is 2. The summed E-state index contributed by atoms with van der Waals surface area (Å²) in [5.41, 5.74) is 0.363. The van der Waals surface area contributed by atoms with Gasteiger partial charge in [-0.1, -0.05) is 27.7 Å². The van der Waals surface area contributed by atoms with Gasteiger partial charge in [-0.2, -0.15) is 0 Å². The fraction of sp³-hybridized carbons (Fsp3) is 0.917. The minimum Gasteiger partial charge on any atom is -0.481 e. The molecule has 1 rings (SSSR count). The van der Waals surface area contributed by atoms with Crippen LogP contribution in [0.25, 0.3) is 0 Å². The van der Waals surface area contributed by atoms with Crippen LogP contribution < -0.4 is 0 Å². The normalized spacial score (nSPS) is 21.1. The lowest BCUT2D eigenvalue weighted by atomic mass is 9.76. The third-order valence-corrected chi connectivity index (χ3v) is 3.50. The molecule has 15 heavy (non-hydrogen) atoms. The average molecular weight is 213 g/mol. The van der Waals surface area contributed by atoms with Crippen molar-refractivity contribution in [2.75, 3.05) is 19.6 Å². The first kappa shape index (κ1) is 12.5. The summed E-state index contributed by atoms with van der Waals surface area (Å²) in [6.07, 6.45) is 0.728. The minimum atomic E-state index is -0.656.